The third-order valence-electron chi connectivity index (χ3n) is 9.05. The third kappa shape index (κ3) is 10.2. The van der Waals surface area contributed by atoms with Crippen molar-refractivity contribution in [2.45, 2.75) is 102 Å². The first-order valence-electron chi connectivity index (χ1n) is 15.8. The number of unbranched alkanes of at least 4 members (excludes halogenated alkanes) is 3. The summed E-state index contributed by atoms with van der Waals surface area (Å²) < 4.78 is 117. The molecule has 0 radical (unpaired) electrons. The molecule has 4 rings (SSSR count). The summed E-state index contributed by atoms with van der Waals surface area (Å²) in [7, 11) is 0. The summed E-state index contributed by atoms with van der Waals surface area (Å²) in [5.41, 5.74) is -0.593. The Kier molecular flexibility index (Phi) is 12.0. The van der Waals surface area contributed by atoms with Crippen molar-refractivity contribution in [3.63, 3.8) is 0 Å². The molecule has 248 valence electrons. The lowest BCUT2D eigenvalue weighted by atomic mass is 9.76. The fraction of sp³-hybridized carbons (Fsp3) is 0.543. The van der Waals surface area contributed by atoms with Crippen molar-refractivity contribution in [1.29, 1.82) is 0 Å². The highest BCUT2D eigenvalue weighted by Crippen LogP contribution is 2.41. The van der Waals surface area contributed by atoms with Crippen LogP contribution in [0.3, 0.4) is 0 Å². The van der Waals surface area contributed by atoms with Gasteiger partial charge in [-0.25, -0.2) is 13.2 Å². The maximum absolute atomic E-state index is 14.9. The number of hydrogen-bond donors (Lipinski definition) is 0. The fourth-order valence-corrected chi connectivity index (χ4v) is 6.56. The van der Waals surface area contributed by atoms with Crippen LogP contribution in [0.5, 0.6) is 11.5 Å². The van der Waals surface area contributed by atoms with Gasteiger partial charge in [0.05, 0.1) is 5.56 Å². The first kappa shape index (κ1) is 34.8. The molecule has 0 aliphatic heterocycles. The normalized spacial score (nSPS) is 22.8. The Balaban J connectivity index is 1.26. The monoisotopic (exact) mass is 644 g/mol. The number of allylic oxidation sites excluding steroid dienone is 3. The summed E-state index contributed by atoms with van der Waals surface area (Å²) in [6.45, 7) is 3.78. The summed E-state index contributed by atoms with van der Waals surface area (Å²) in [6, 6.07) is 3.48. The van der Waals surface area contributed by atoms with E-state index in [1.807, 2.05) is 6.08 Å². The molecule has 0 N–H and O–H groups in total. The minimum Gasteiger partial charge on any atom is -0.429 e. The van der Waals surface area contributed by atoms with E-state index >= 15 is 0 Å². The zero-order valence-electron chi connectivity index (χ0n) is 25.2. The van der Waals surface area contributed by atoms with Crippen molar-refractivity contribution in [3.05, 3.63) is 83.7 Å². The van der Waals surface area contributed by atoms with E-state index in [-0.39, 0.29) is 18.1 Å². The summed E-state index contributed by atoms with van der Waals surface area (Å²) in [5, 5.41) is 0. The molecule has 10 heteroatoms. The molecular weight excluding hydrogens is 604 g/mol. The molecule has 45 heavy (non-hydrogen) atoms. The van der Waals surface area contributed by atoms with E-state index < -0.39 is 47.0 Å². The van der Waals surface area contributed by atoms with Crippen LogP contribution in [0.25, 0.3) is 0 Å². The summed E-state index contributed by atoms with van der Waals surface area (Å²) in [6.07, 6.45) is 11.6. The first-order chi connectivity index (χ1) is 21.3. The van der Waals surface area contributed by atoms with Crippen LogP contribution in [0.4, 0.5) is 35.1 Å². The molecule has 2 aromatic rings. The van der Waals surface area contributed by atoms with Crippen LogP contribution in [0, 0.1) is 35.2 Å². The predicted molar refractivity (Wildman–Crippen MR) is 157 cm³/mol. The molecule has 0 bridgehead atoms. The number of alkyl halides is 5. The Morgan fingerprint density at radius 1 is 0.711 bits per heavy atom. The van der Waals surface area contributed by atoms with Gasteiger partial charge < -0.3 is 9.47 Å². The minimum atomic E-state index is -5.40. The molecule has 2 aliphatic carbocycles. The van der Waals surface area contributed by atoms with Gasteiger partial charge in [-0.15, -0.1) is 19.8 Å². The Labute approximate surface area is 259 Å². The van der Waals surface area contributed by atoms with Gasteiger partial charge in [-0.1, -0.05) is 43.6 Å². The highest BCUT2D eigenvalue weighted by Gasteiger charge is 2.39. The maximum atomic E-state index is 14.9. The summed E-state index contributed by atoms with van der Waals surface area (Å²) in [4.78, 5) is 0. The lowest BCUT2D eigenvalue weighted by molar-refractivity contribution is -0.276. The van der Waals surface area contributed by atoms with Crippen LogP contribution in [-0.4, -0.2) is 6.36 Å². The molecular formula is C35H40F8O2. The van der Waals surface area contributed by atoms with Crippen molar-refractivity contribution >= 4 is 0 Å². The second kappa shape index (κ2) is 15.5. The Bertz CT molecular complexity index is 1270. The number of hydrogen-bond acceptors (Lipinski definition) is 2. The second-order valence-electron chi connectivity index (χ2n) is 12.3. The van der Waals surface area contributed by atoms with Crippen molar-refractivity contribution in [1.82, 2.24) is 0 Å². The van der Waals surface area contributed by atoms with E-state index in [1.54, 1.807) is 0 Å². The van der Waals surface area contributed by atoms with E-state index in [0.29, 0.717) is 17.4 Å². The van der Waals surface area contributed by atoms with Crippen LogP contribution in [0.15, 0.2) is 55.1 Å². The van der Waals surface area contributed by atoms with Crippen molar-refractivity contribution in [2.24, 2.45) is 17.8 Å². The molecule has 2 nitrogen and oxygen atoms in total. The number of ether oxygens (including phenoxy) is 2. The van der Waals surface area contributed by atoms with Crippen molar-refractivity contribution < 1.29 is 44.6 Å². The van der Waals surface area contributed by atoms with Crippen molar-refractivity contribution in [3.8, 4) is 11.5 Å². The predicted octanol–water partition coefficient (Wildman–Crippen LogP) is 11.9. The van der Waals surface area contributed by atoms with E-state index in [4.69, 9.17) is 0 Å². The van der Waals surface area contributed by atoms with E-state index in [2.05, 4.69) is 28.2 Å². The van der Waals surface area contributed by atoms with Gasteiger partial charge in [0.25, 0.3) is 0 Å². The third-order valence-corrected chi connectivity index (χ3v) is 9.05. The largest absolute Gasteiger partial charge is 0.573 e. The highest BCUT2D eigenvalue weighted by molar-refractivity contribution is 5.36. The van der Waals surface area contributed by atoms with E-state index in [1.165, 1.54) is 57.4 Å². The van der Waals surface area contributed by atoms with Gasteiger partial charge in [0.15, 0.2) is 11.6 Å². The average Bonchev–Trinajstić information content (AvgIpc) is 2.98. The number of rotatable bonds is 13. The average molecular weight is 645 g/mol. The molecule has 2 fully saturated rings. The molecule has 2 saturated carbocycles. The van der Waals surface area contributed by atoms with Crippen LogP contribution >= 0.6 is 0 Å². The smallest absolute Gasteiger partial charge is 0.429 e. The van der Waals surface area contributed by atoms with Gasteiger partial charge in [-0.3, -0.25) is 0 Å². The van der Waals surface area contributed by atoms with E-state index in [0.717, 1.165) is 50.2 Å². The van der Waals surface area contributed by atoms with Crippen LogP contribution in [0.1, 0.15) is 101 Å². The van der Waals surface area contributed by atoms with Crippen LogP contribution in [0.2, 0.25) is 0 Å². The lowest BCUT2D eigenvalue weighted by Crippen LogP contribution is -2.24. The molecule has 0 heterocycles. The molecule has 0 unspecified atom stereocenters. The molecule has 2 aliphatic rings. The van der Waals surface area contributed by atoms with Gasteiger partial charge in [0, 0.05) is 12.1 Å². The quantitative estimate of drug-likeness (QED) is 0.123. The van der Waals surface area contributed by atoms with Gasteiger partial charge in [-0.2, -0.15) is 8.78 Å². The lowest BCUT2D eigenvalue weighted by Gasteiger charge is -2.29. The second-order valence-corrected chi connectivity index (χ2v) is 12.3. The number of halogens is 8. The number of benzene rings is 2. The van der Waals surface area contributed by atoms with Gasteiger partial charge in [0.2, 0.25) is 5.75 Å². The molecule has 0 atom stereocenters. The Morgan fingerprint density at radius 2 is 1.31 bits per heavy atom. The van der Waals surface area contributed by atoms with Crippen molar-refractivity contribution in [2.75, 3.05) is 0 Å². The topological polar surface area (TPSA) is 18.5 Å². The van der Waals surface area contributed by atoms with Crippen LogP contribution < -0.4 is 9.47 Å². The maximum Gasteiger partial charge on any atom is 0.573 e. The molecule has 0 saturated heterocycles. The standard InChI is InChI=1S/C35H40F8O2/c1-2-3-4-5-6-7-23-8-10-24(11-9-23)12-13-25-14-16-26(17-15-25)27-18-19-29(30(36)20-27)34(39,40)44-28-21-31(37)33(32(38)22-28)45-35(41,42)43/h2,12-13,18-26H,1,3-11,14-17H2/b13-12+. The molecule has 0 spiro atoms. The zero-order valence-corrected chi connectivity index (χ0v) is 25.2. The Morgan fingerprint density at radius 3 is 1.87 bits per heavy atom. The minimum absolute atomic E-state index is 0.000900. The van der Waals surface area contributed by atoms with Gasteiger partial charge >= 0.3 is 12.5 Å². The summed E-state index contributed by atoms with van der Waals surface area (Å²) in [5.74, 6) is -6.15. The molecule has 0 amide bonds. The van der Waals surface area contributed by atoms with Gasteiger partial charge in [0.1, 0.15) is 11.6 Å². The SMILES string of the molecule is C=CCCCCCC1CCC(/C=C/C2CCC(c3ccc(C(F)(F)Oc4cc(F)c(OC(F)(F)F)c(F)c4)c(F)c3)CC2)CC1. The summed E-state index contributed by atoms with van der Waals surface area (Å²) >= 11 is 0. The molecule has 2 aromatic carbocycles. The zero-order chi connectivity index (χ0) is 32.6. The van der Waals surface area contributed by atoms with Crippen LogP contribution in [-0.2, 0) is 6.11 Å². The Hall–Kier alpha value is -3.04. The highest BCUT2D eigenvalue weighted by atomic mass is 19.4. The van der Waals surface area contributed by atoms with E-state index in [9.17, 15) is 35.1 Å². The van der Waals surface area contributed by atoms with Gasteiger partial charge in [-0.05, 0) is 106 Å². The first-order valence-corrected chi connectivity index (χ1v) is 15.8. The fourth-order valence-electron chi connectivity index (χ4n) is 6.56. The molecule has 0 aromatic heterocycles.